The lowest BCUT2D eigenvalue weighted by Crippen LogP contribution is -2.25. The molecule has 3 aromatic rings. The van der Waals surface area contributed by atoms with Gasteiger partial charge in [-0.2, -0.15) is 4.98 Å². The van der Waals surface area contributed by atoms with Crippen molar-refractivity contribution >= 4 is 11.6 Å². The Labute approximate surface area is 168 Å². The molecule has 2 heterocycles. The van der Waals surface area contributed by atoms with Gasteiger partial charge in [0.05, 0.1) is 27.0 Å². The number of methoxy groups -OCH3 is 3. The van der Waals surface area contributed by atoms with Crippen molar-refractivity contribution in [2.24, 2.45) is 0 Å². The minimum absolute atomic E-state index is 0.0302. The maximum atomic E-state index is 12.7. The minimum atomic E-state index is -0.172. The first-order valence-corrected chi connectivity index (χ1v) is 9.13. The molecule has 0 bridgehead atoms. The quantitative estimate of drug-likeness (QED) is 0.633. The van der Waals surface area contributed by atoms with Gasteiger partial charge in [-0.05, 0) is 36.4 Å². The molecule has 0 aliphatic carbocycles. The molecule has 150 valence electrons. The van der Waals surface area contributed by atoms with Gasteiger partial charge in [0, 0.05) is 30.5 Å². The zero-order valence-corrected chi connectivity index (χ0v) is 16.4. The molecule has 1 unspecified atom stereocenters. The van der Waals surface area contributed by atoms with Gasteiger partial charge in [-0.25, -0.2) is 0 Å². The van der Waals surface area contributed by atoms with E-state index in [4.69, 9.17) is 18.7 Å². The number of carbonyl (C=O) groups is 1. The summed E-state index contributed by atoms with van der Waals surface area (Å²) in [5.41, 5.74) is 1.46. The molecule has 0 radical (unpaired) electrons. The van der Waals surface area contributed by atoms with Crippen LogP contribution in [0, 0.1) is 0 Å². The Morgan fingerprint density at radius 2 is 1.72 bits per heavy atom. The summed E-state index contributed by atoms with van der Waals surface area (Å²) in [7, 11) is 4.77. The van der Waals surface area contributed by atoms with Crippen molar-refractivity contribution in [2.75, 3.05) is 32.8 Å². The van der Waals surface area contributed by atoms with Crippen LogP contribution in [0.4, 0.5) is 5.69 Å². The third kappa shape index (κ3) is 3.61. The molecule has 29 heavy (non-hydrogen) atoms. The van der Waals surface area contributed by atoms with E-state index in [2.05, 4.69) is 10.1 Å². The Kier molecular flexibility index (Phi) is 5.07. The molecule has 1 fully saturated rings. The van der Waals surface area contributed by atoms with Crippen LogP contribution in [-0.4, -0.2) is 43.9 Å². The molecule has 8 nitrogen and oxygen atoms in total. The van der Waals surface area contributed by atoms with E-state index in [-0.39, 0.29) is 11.8 Å². The number of anilines is 1. The predicted molar refractivity (Wildman–Crippen MR) is 106 cm³/mol. The van der Waals surface area contributed by atoms with Crippen molar-refractivity contribution in [3.05, 3.63) is 48.3 Å². The molecule has 0 N–H and O–H groups in total. The Bertz CT molecular complexity index is 1020. The molecular formula is C21H21N3O5. The normalized spacial score (nSPS) is 16.2. The zero-order valence-electron chi connectivity index (χ0n) is 16.4. The van der Waals surface area contributed by atoms with Crippen molar-refractivity contribution in [1.29, 1.82) is 0 Å². The molecule has 1 amide bonds. The molecule has 2 aromatic carbocycles. The van der Waals surface area contributed by atoms with Gasteiger partial charge in [0.15, 0.2) is 5.82 Å². The van der Waals surface area contributed by atoms with Crippen molar-refractivity contribution < 1.29 is 23.5 Å². The standard InChI is InChI=1S/C21H21N3O5/c1-26-15-6-4-13(5-7-15)21-22-20(23-29-21)14-10-19(25)24(12-14)17-11-16(27-2)8-9-18(17)28-3/h4-9,11,14H,10,12H2,1-3H3. The summed E-state index contributed by atoms with van der Waals surface area (Å²) in [6.07, 6.45) is 0.294. The number of carbonyl (C=O) groups excluding carboxylic acids is 1. The number of aromatic nitrogens is 2. The second-order valence-corrected chi connectivity index (χ2v) is 6.63. The summed E-state index contributed by atoms with van der Waals surface area (Å²) in [5.74, 6) is 2.72. The van der Waals surface area contributed by atoms with Gasteiger partial charge in [0.25, 0.3) is 5.89 Å². The summed E-state index contributed by atoms with van der Waals surface area (Å²) in [6, 6.07) is 12.7. The van der Waals surface area contributed by atoms with E-state index in [9.17, 15) is 4.79 Å². The minimum Gasteiger partial charge on any atom is -0.497 e. The lowest BCUT2D eigenvalue weighted by molar-refractivity contribution is -0.117. The van der Waals surface area contributed by atoms with Gasteiger partial charge in [0.1, 0.15) is 17.2 Å². The van der Waals surface area contributed by atoms with Crippen LogP contribution in [0.15, 0.2) is 47.0 Å². The predicted octanol–water partition coefficient (Wildman–Crippen LogP) is 3.28. The fourth-order valence-electron chi connectivity index (χ4n) is 3.37. The monoisotopic (exact) mass is 395 g/mol. The maximum absolute atomic E-state index is 12.7. The van der Waals surface area contributed by atoms with Crippen LogP contribution in [-0.2, 0) is 4.79 Å². The number of hydrogen-bond donors (Lipinski definition) is 0. The first-order valence-electron chi connectivity index (χ1n) is 9.13. The van der Waals surface area contributed by atoms with Gasteiger partial charge in [0.2, 0.25) is 5.91 Å². The number of hydrogen-bond acceptors (Lipinski definition) is 7. The summed E-state index contributed by atoms with van der Waals surface area (Å²) >= 11 is 0. The molecule has 4 rings (SSSR count). The van der Waals surface area contributed by atoms with Crippen LogP contribution in [0.2, 0.25) is 0 Å². The van der Waals surface area contributed by atoms with Crippen LogP contribution in [0.5, 0.6) is 17.2 Å². The number of benzene rings is 2. The summed E-state index contributed by atoms with van der Waals surface area (Å²) in [6.45, 7) is 0.434. The summed E-state index contributed by atoms with van der Waals surface area (Å²) < 4.78 is 21.3. The van der Waals surface area contributed by atoms with E-state index in [0.717, 1.165) is 11.3 Å². The lowest BCUT2D eigenvalue weighted by atomic mass is 10.1. The molecule has 0 spiro atoms. The van der Waals surface area contributed by atoms with E-state index in [1.165, 1.54) is 0 Å². The average molecular weight is 395 g/mol. The van der Waals surface area contributed by atoms with E-state index in [1.807, 2.05) is 24.3 Å². The zero-order chi connectivity index (χ0) is 20.4. The second kappa shape index (κ2) is 7.83. The number of ether oxygens (including phenoxy) is 3. The third-order valence-electron chi connectivity index (χ3n) is 4.95. The number of rotatable bonds is 6. The number of amides is 1. The Morgan fingerprint density at radius 3 is 2.41 bits per heavy atom. The average Bonchev–Trinajstić information content (AvgIpc) is 3.40. The first-order chi connectivity index (χ1) is 14.1. The van der Waals surface area contributed by atoms with Gasteiger partial charge >= 0.3 is 0 Å². The highest BCUT2D eigenvalue weighted by molar-refractivity contribution is 5.98. The maximum Gasteiger partial charge on any atom is 0.257 e. The van der Waals surface area contributed by atoms with Crippen LogP contribution in [0.1, 0.15) is 18.2 Å². The fourth-order valence-corrected chi connectivity index (χ4v) is 3.37. The molecule has 8 heteroatoms. The molecule has 1 aliphatic rings. The van der Waals surface area contributed by atoms with Crippen LogP contribution in [0.25, 0.3) is 11.5 Å². The van der Waals surface area contributed by atoms with Crippen molar-refractivity contribution in [2.45, 2.75) is 12.3 Å². The molecule has 1 saturated heterocycles. The topological polar surface area (TPSA) is 86.9 Å². The molecule has 1 aromatic heterocycles. The van der Waals surface area contributed by atoms with Crippen molar-refractivity contribution in [3.8, 4) is 28.7 Å². The molecular weight excluding hydrogens is 374 g/mol. The van der Waals surface area contributed by atoms with Crippen molar-refractivity contribution in [1.82, 2.24) is 10.1 Å². The molecule has 1 atom stereocenters. The first kappa shape index (κ1) is 18.8. The van der Waals surface area contributed by atoms with E-state index in [0.29, 0.717) is 41.9 Å². The van der Waals surface area contributed by atoms with Gasteiger partial charge in [-0.15, -0.1) is 0 Å². The Balaban J connectivity index is 1.56. The van der Waals surface area contributed by atoms with Crippen LogP contribution >= 0.6 is 0 Å². The van der Waals surface area contributed by atoms with Gasteiger partial charge in [-0.3, -0.25) is 4.79 Å². The third-order valence-corrected chi connectivity index (χ3v) is 4.95. The molecule has 1 aliphatic heterocycles. The van der Waals surface area contributed by atoms with Crippen LogP contribution < -0.4 is 19.1 Å². The second-order valence-electron chi connectivity index (χ2n) is 6.63. The highest BCUT2D eigenvalue weighted by Gasteiger charge is 2.36. The highest BCUT2D eigenvalue weighted by atomic mass is 16.5. The summed E-state index contributed by atoms with van der Waals surface area (Å²) in [5, 5.41) is 4.10. The smallest absolute Gasteiger partial charge is 0.257 e. The fraction of sp³-hybridized carbons (Fsp3) is 0.286. The summed E-state index contributed by atoms with van der Waals surface area (Å²) in [4.78, 5) is 18.9. The van der Waals surface area contributed by atoms with Gasteiger partial charge in [-0.1, -0.05) is 5.16 Å². The number of nitrogens with zero attached hydrogens (tertiary/aromatic N) is 3. The van der Waals surface area contributed by atoms with E-state index >= 15 is 0 Å². The largest absolute Gasteiger partial charge is 0.497 e. The molecule has 0 saturated carbocycles. The van der Waals surface area contributed by atoms with Crippen LogP contribution in [0.3, 0.4) is 0 Å². The lowest BCUT2D eigenvalue weighted by Gasteiger charge is -2.20. The Morgan fingerprint density at radius 1 is 1.00 bits per heavy atom. The highest BCUT2D eigenvalue weighted by Crippen LogP contribution is 2.38. The van der Waals surface area contributed by atoms with Crippen molar-refractivity contribution in [3.63, 3.8) is 0 Å². The van der Waals surface area contributed by atoms with E-state index < -0.39 is 0 Å². The Hall–Kier alpha value is -3.55. The van der Waals surface area contributed by atoms with Gasteiger partial charge < -0.3 is 23.6 Å². The van der Waals surface area contributed by atoms with E-state index in [1.54, 1.807) is 44.4 Å². The SMILES string of the molecule is COc1ccc(-c2nc(C3CC(=O)N(c4cc(OC)ccc4OC)C3)no2)cc1.